The van der Waals surface area contributed by atoms with E-state index in [2.05, 4.69) is 26.6 Å². The molecule has 0 aliphatic carbocycles. The zero-order valence-electron chi connectivity index (χ0n) is 10.6. The molecule has 0 aliphatic heterocycles. The molecule has 0 aliphatic rings. The van der Waals surface area contributed by atoms with Gasteiger partial charge in [0, 0.05) is 30.0 Å². The van der Waals surface area contributed by atoms with Crippen molar-refractivity contribution in [3.63, 3.8) is 0 Å². The Labute approximate surface area is 119 Å². The lowest BCUT2D eigenvalue weighted by Gasteiger charge is -2.07. The van der Waals surface area contributed by atoms with Gasteiger partial charge in [-0.1, -0.05) is 22.9 Å². The fourth-order valence-corrected chi connectivity index (χ4v) is 1.82. The third-order valence-corrected chi connectivity index (χ3v) is 2.89. The number of hydrogen-bond donors (Lipinski definition) is 2. The van der Waals surface area contributed by atoms with Crippen LogP contribution in [0.5, 0.6) is 0 Å². The van der Waals surface area contributed by atoms with Gasteiger partial charge < -0.3 is 10.6 Å². The maximum absolute atomic E-state index is 11.4. The maximum Gasteiger partial charge on any atom is 0.293 e. The van der Waals surface area contributed by atoms with Crippen molar-refractivity contribution in [1.29, 1.82) is 0 Å². The Balaban J connectivity index is 2.53. The second-order valence-electron chi connectivity index (χ2n) is 3.95. The molecular formula is C12H16BrN3O3. The standard InChI is InChI=1S/C12H16BrN3O3/c1-2-6-15-12(17)5-7-14-10-4-3-9(13)8-11(10)16(18)19/h3-4,8,14H,2,5-7H2,1H3,(H,15,17). The number of nitro groups is 1. The molecule has 1 rings (SSSR count). The zero-order valence-corrected chi connectivity index (χ0v) is 12.2. The molecule has 1 aromatic rings. The van der Waals surface area contributed by atoms with Crippen molar-refractivity contribution in [2.24, 2.45) is 0 Å². The molecule has 0 radical (unpaired) electrons. The molecule has 0 aromatic heterocycles. The second kappa shape index (κ2) is 7.73. The Kier molecular flexibility index (Phi) is 6.27. The fraction of sp³-hybridized carbons (Fsp3) is 0.417. The molecule has 0 bridgehead atoms. The van der Waals surface area contributed by atoms with Crippen LogP contribution in [-0.2, 0) is 4.79 Å². The molecule has 0 atom stereocenters. The molecular weight excluding hydrogens is 314 g/mol. The van der Waals surface area contributed by atoms with Crippen LogP contribution in [-0.4, -0.2) is 23.9 Å². The van der Waals surface area contributed by atoms with Gasteiger partial charge in [-0.3, -0.25) is 14.9 Å². The molecule has 104 valence electrons. The predicted molar refractivity (Wildman–Crippen MR) is 77.2 cm³/mol. The Hall–Kier alpha value is -1.63. The van der Waals surface area contributed by atoms with Crippen LogP contribution in [0, 0.1) is 10.1 Å². The number of amides is 1. The molecule has 0 saturated carbocycles. The van der Waals surface area contributed by atoms with Crippen molar-refractivity contribution in [2.45, 2.75) is 19.8 Å². The summed E-state index contributed by atoms with van der Waals surface area (Å²) < 4.78 is 0.644. The van der Waals surface area contributed by atoms with Gasteiger partial charge in [-0.15, -0.1) is 0 Å². The first kappa shape index (κ1) is 15.4. The summed E-state index contributed by atoms with van der Waals surface area (Å²) in [5.74, 6) is -0.0610. The number of rotatable bonds is 7. The highest BCUT2D eigenvalue weighted by Crippen LogP contribution is 2.27. The van der Waals surface area contributed by atoms with Crippen molar-refractivity contribution in [3.8, 4) is 0 Å². The first-order chi connectivity index (χ1) is 9.04. The summed E-state index contributed by atoms with van der Waals surface area (Å²) in [6, 6.07) is 4.76. The second-order valence-corrected chi connectivity index (χ2v) is 4.86. The van der Waals surface area contributed by atoms with Crippen molar-refractivity contribution in [1.82, 2.24) is 5.32 Å². The van der Waals surface area contributed by atoms with Gasteiger partial charge in [-0.05, 0) is 18.6 Å². The maximum atomic E-state index is 11.4. The van der Waals surface area contributed by atoms with E-state index in [0.29, 0.717) is 23.2 Å². The smallest absolute Gasteiger partial charge is 0.293 e. The van der Waals surface area contributed by atoms with Crippen LogP contribution in [0.2, 0.25) is 0 Å². The molecule has 0 unspecified atom stereocenters. The molecule has 2 N–H and O–H groups in total. The number of nitrogens with zero attached hydrogens (tertiary/aromatic N) is 1. The number of carbonyl (C=O) groups excluding carboxylic acids is 1. The average molecular weight is 330 g/mol. The normalized spacial score (nSPS) is 10.0. The van der Waals surface area contributed by atoms with Crippen molar-refractivity contribution in [3.05, 3.63) is 32.8 Å². The van der Waals surface area contributed by atoms with E-state index in [4.69, 9.17) is 0 Å². The Morgan fingerprint density at radius 3 is 2.79 bits per heavy atom. The van der Waals surface area contributed by atoms with Crippen LogP contribution in [0.1, 0.15) is 19.8 Å². The number of carbonyl (C=O) groups is 1. The van der Waals surface area contributed by atoms with E-state index in [9.17, 15) is 14.9 Å². The molecule has 0 fully saturated rings. The summed E-state index contributed by atoms with van der Waals surface area (Å²) >= 11 is 3.19. The minimum Gasteiger partial charge on any atom is -0.379 e. The lowest BCUT2D eigenvalue weighted by molar-refractivity contribution is -0.384. The Bertz CT molecular complexity index is 466. The summed E-state index contributed by atoms with van der Waals surface area (Å²) in [5.41, 5.74) is 0.403. The van der Waals surface area contributed by atoms with Crippen LogP contribution >= 0.6 is 15.9 Å². The van der Waals surface area contributed by atoms with Gasteiger partial charge in [0.1, 0.15) is 5.69 Å². The van der Waals surface area contributed by atoms with Gasteiger partial charge in [0.15, 0.2) is 0 Å². The van der Waals surface area contributed by atoms with Gasteiger partial charge in [0.05, 0.1) is 4.92 Å². The van der Waals surface area contributed by atoms with Crippen molar-refractivity contribution < 1.29 is 9.72 Å². The molecule has 7 heteroatoms. The number of nitro benzene ring substituents is 1. The lowest BCUT2D eigenvalue weighted by atomic mass is 10.2. The van der Waals surface area contributed by atoms with Crippen LogP contribution in [0.4, 0.5) is 11.4 Å². The monoisotopic (exact) mass is 329 g/mol. The SMILES string of the molecule is CCCNC(=O)CCNc1ccc(Br)cc1[N+](=O)[O-]. The predicted octanol–water partition coefficient (Wildman–Crippen LogP) is 2.69. The van der Waals surface area contributed by atoms with E-state index in [1.807, 2.05) is 6.92 Å². The van der Waals surface area contributed by atoms with Gasteiger partial charge in [0.25, 0.3) is 5.69 Å². The van der Waals surface area contributed by atoms with Gasteiger partial charge in [0.2, 0.25) is 5.91 Å². The van der Waals surface area contributed by atoms with Crippen LogP contribution in [0.15, 0.2) is 22.7 Å². The summed E-state index contributed by atoms with van der Waals surface area (Å²) in [6.45, 7) is 2.99. The molecule has 19 heavy (non-hydrogen) atoms. The summed E-state index contributed by atoms with van der Waals surface area (Å²) in [4.78, 5) is 21.8. The molecule has 1 amide bonds. The highest BCUT2D eigenvalue weighted by atomic mass is 79.9. The summed E-state index contributed by atoms with van der Waals surface area (Å²) in [6.07, 6.45) is 1.17. The Morgan fingerprint density at radius 1 is 1.42 bits per heavy atom. The minimum absolute atomic E-state index is 0.0108. The summed E-state index contributed by atoms with van der Waals surface area (Å²) in [5, 5.41) is 16.5. The van der Waals surface area contributed by atoms with E-state index >= 15 is 0 Å². The molecule has 6 nitrogen and oxygen atoms in total. The average Bonchev–Trinajstić information content (AvgIpc) is 2.37. The third-order valence-electron chi connectivity index (χ3n) is 2.40. The van der Waals surface area contributed by atoms with E-state index in [1.165, 1.54) is 6.07 Å². The molecule has 0 saturated heterocycles. The minimum atomic E-state index is -0.454. The fourth-order valence-electron chi connectivity index (χ4n) is 1.47. The quantitative estimate of drug-likeness (QED) is 0.595. The topological polar surface area (TPSA) is 84.3 Å². The largest absolute Gasteiger partial charge is 0.379 e. The van der Waals surface area contributed by atoms with E-state index in [0.717, 1.165) is 6.42 Å². The number of benzene rings is 1. The van der Waals surface area contributed by atoms with Crippen molar-refractivity contribution >= 4 is 33.2 Å². The van der Waals surface area contributed by atoms with E-state index in [1.54, 1.807) is 12.1 Å². The van der Waals surface area contributed by atoms with Gasteiger partial charge >= 0.3 is 0 Å². The van der Waals surface area contributed by atoms with Crippen LogP contribution in [0.3, 0.4) is 0 Å². The molecule has 0 heterocycles. The number of halogens is 1. The molecule has 1 aromatic carbocycles. The Morgan fingerprint density at radius 2 is 2.16 bits per heavy atom. The number of anilines is 1. The molecule has 0 spiro atoms. The first-order valence-corrected chi connectivity index (χ1v) is 6.78. The third kappa shape index (κ3) is 5.25. The van der Waals surface area contributed by atoms with Gasteiger partial charge in [-0.2, -0.15) is 0 Å². The van der Waals surface area contributed by atoms with Crippen LogP contribution in [0.25, 0.3) is 0 Å². The van der Waals surface area contributed by atoms with Gasteiger partial charge in [-0.25, -0.2) is 0 Å². The highest BCUT2D eigenvalue weighted by Gasteiger charge is 2.13. The lowest BCUT2D eigenvalue weighted by Crippen LogP contribution is -2.25. The zero-order chi connectivity index (χ0) is 14.3. The van der Waals surface area contributed by atoms with Crippen LogP contribution < -0.4 is 10.6 Å². The van der Waals surface area contributed by atoms with E-state index < -0.39 is 4.92 Å². The highest BCUT2D eigenvalue weighted by molar-refractivity contribution is 9.10. The number of hydrogen-bond acceptors (Lipinski definition) is 4. The first-order valence-electron chi connectivity index (χ1n) is 5.99. The number of nitrogens with one attached hydrogen (secondary N) is 2. The van der Waals surface area contributed by atoms with Crippen molar-refractivity contribution in [2.75, 3.05) is 18.4 Å². The summed E-state index contributed by atoms with van der Waals surface area (Å²) in [7, 11) is 0. The van der Waals surface area contributed by atoms with E-state index in [-0.39, 0.29) is 18.0 Å².